The average Bonchev–Trinajstić information content (AvgIpc) is 3.25. The van der Waals surface area contributed by atoms with Crippen LogP contribution in [-0.2, 0) is 11.4 Å². The number of anilines is 2. The molecule has 1 aliphatic rings. The van der Waals surface area contributed by atoms with Gasteiger partial charge in [0.05, 0.1) is 18.4 Å². The number of carboxylic acids is 1. The van der Waals surface area contributed by atoms with E-state index < -0.39 is 5.97 Å². The van der Waals surface area contributed by atoms with Crippen molar-refractivity contribution in [3.63, 3.8) is 0 Å². The van der Waals surface area contributed by atoms with Gasteiger partial charge in [0.15, 0.2) is 5.69 Å². The number of nitrogen functional groups attached to an aromatic ring is 1. The number of quaternary nitrogens is 1. The molecule has 0 saturated carbocycles. The second-order valence-corrected chi connectivity index (χ2v) is 16.3. The number of nitrogens with two attached hydrogens (primary N) is 2. The number of aromatic carboxylic acids is 1. The maximum atomic E-state index is 12.8. The van der Waals surface area contributed by atoms with E-state index in [1.54, 1.807) is 30.8 Å². The van der Waals surface area contributed by atoms with Crippen LogP contribution in [0.3, 0.4) is 0 Å². The van der Waals surface area contributed by atoms with E-state index in [4.69, 9.17) is 22.2 Å². The van der Waals surface area contributed by atoms with Crippen molar-refractivity contribution in [1.82, 2.24) is 14.5 Å². The van der Waals surface area contributed by atoms with Crippen LogP contribution in [-0.4, -0.2) is 86.5 Å². The van der Waals surface area contributed by atoms with Crippen LogP contribution in [0.4, 0.5) is 17.1 Å². The van der Waals surface area contributed by atoms with Crippen molar-refractivity contribution in [2.75, 3.05) is 70.3 Å². The molecule has 6 N–H and O–H groups in total. The second kappa shape index (κ2) is 25.2. The Kier molecular flexibility index (Phi) is 20.1. The summed E-state index contributed by atoms with van der Waals surface area (Å²) in [5.41, 5.74) is 13.7. The van der Waals surface area contributed by atoms with Gasteiger partial charge < -0.3 is 20.6 Å². The molecule has 5 aromatic carbocycles. The third-order valence-corrected chi connectivity index (χ3v) is 11.5. The maximum absolute atomic E-state index is 12.8. The zero-order valence-electron chi connectivity index (χ0n) is 34.7. The van der Waals surface area contributed by atoms with Crippen molar-refractivity contribution in [2.45, 2.75) is 43.0 Å². The fourth-order valence-corrected chi connectivity index (χ4v) is 7.95. The van der Waals surface area contributed by atoms with Crippen LogP contribution in [0.5, 0.6) is 0 Å². The Morgan fingerprint density at radius 2 is 1.53 bits per heavy atom. The third kappa shape index (κ3) is 15.5. The molecule has 1 fully saturated rings. The summed E-state index contributed by atoms with van der Waals surface area (Å²) in [5, 5.41) is 10.2. The van der Waals surface area contributed by atoms with Crippen LogP contribution in [0.25, 0.3) is 11.1 Å². The minimum absolute atomic E-state index is 0.185. The van der Waals surface area contributed by atoms with Crippen LogP contribution in [0.1, 0.15) is 53.0 Å². The zero-order chi connectivity index (χ0) is 42.6. The molecule has 1 aliphatic heterocycles. The molecule has 13 heteroatoms. The summed E-state index contributed by atoms with van der Waals surface area (Å²) in [5.74, 6) is 0.109. The summed E-state index contributed by atoms with van der Waals surface area (Å²) in [6, 6.07) is 36.6. The number of rotatable bonds is 16. The van der Waals surface area contributed by atoms with Crippen molar-refractivity contribution in [3.8, 4) is 11.1 Å². The van der Waals surface area contributed by atoms with Crippen LogP contribution in [0.2, 0.25) is 5.02 Å². The highest BCUT2D eigenvalue weighted by Gasteiger charge is 2.20. The van der Waals surface area contributed by atoms with Crippen LogP contribution in [0, 0.1) is 0 Å². The first-order valence-electron chi connectivity index (χ1n) is 19.8. The van der Waals surface area contributed by atoms with Crippen molar-refractivity contribution in [3.05, 3.63) is 137 Å². The highest BCUT2D eigenvalue weighted by molar-refractivity contribution is 7.99. The van der Waals surface area contributed by atoms with E-state index in [1.165, 1.54) is 42.0 Å². The molecule has 0 spiro atoms. The predicted molar refractivity (Wildman–Crippen MR) is 247 cm³/mol. The smallest absolute Gasteiger partial charge is 0.335 e. The maximum Gasteiger partial charge on any atom is 0.335 e. The van der Waals surface area contributed by atoms with E-state index in [-0.39, 0.29) is 11.5 Å². The SMILES string of the molecule is CC.CN(C)CCCCSc1ccccc1.CO[NH2+]c1cc(SNC(=O)c2ccc(N3CCN(Cc4cc(C(=O)O)ccc4-c4ccc(Cl)cc4)CC3)cc2)ccc1N. The van der Waals surface area contributed by atoms with Crippen molar-refractivity contribution in [2.24, 2.45) is 0 Å². The standard InChI is InChI=1S/C32H32ClN5O4S.C12H19NS.C2H6/c1-42-35-30-19-27(11-13-29(30)34)43-36-31(39)22-4-9-26(10-5-22)38-16-14-37(15-17-38)20-24-18-23(32(40)41)6-12-28(24)21-2-7-25(33)8-3-21;1-13(2)10-6-7-11-14-12-8-4-3-5-9-12;1-2/h2-13,18-19,35H,14-17,20,34H2,1H3,(H,36,39)(H,40,41);3-5,8-9H,6-7,10-11H2,1-2H3;1-2H3/p+1. The molecule has 1 saturated heterocycles. The number of hydrogen-bond acceptors (Lipinski definition) is 9. The molecule has 10 nitrogen and oxygen atoms in total. The van der Waals surface area contributed by atoms with Crippen molar-refractivity contribution in [1.29, 1.82) is 0 Å². The third-order valence-electron chi connectivity index (χ3n) is 9.34. The number of nitrogens with zero attached hydrogens (tertiary/aromatic N) is 3. The molecule has 1 heterocycles. The lowest BCUT2D eigenvalue weighted by Gasteiger charge is -2.36. The Balaban J connectivity index is 0.000000405. The Labute approximate surface area is 363 Å². The van der Waals surface area contributed by atoms with Gasteiger partial charge in [0.2, 0.25) is 0 Å². The largest absolute Gasteiger partial charge is 0.478 e. The summed E-state index contributed by atoms with van der Waals surface area (Å²) < 4.78 is 2.88. The Hall–Kier alpha value is -4.53. The van der Waals surface area contributed by atoms with Crippen LogP contribution < -0.4 is 20.8 Å². The highest BCUT2D eigenvalue weighted by atomic mass is 35.5. The number of hydrogen-bond donors (Lipinski definition) is 4. The van der Waals surface area contributed by atoms with Crippen molar-refractivity contribution >= 4 is 64.2 Å². The molecule has 0 atom stereocenters. The van der Waals surface area contributed by atoms with Gasteiger partial charge in [-0.3, -0.25) is 14.4 Å². The molecule has 0 bridgehead atoms. The lowest BCUT2D eigenvalue weighted by atomic mass is 9.97. The van der Waals surface area contributed by atoms with E-state index in [9.17, 15) is 14.7 Å². The Morgan fingerprint density at radius 1 is 0.847 bits per heavy atom. The Bertz CT molecular complexity index is 2030. The molecular formula is C46H58ClN6O4S2+. The van der Waals surface area contributed by atoms with Crippen molar-refractivity contribution < 1.29 is 25.0 Å². The molecule has 0 aliphatic carbocycles. The number of amides is 1. The van der Waals surface area contributed by atoms with E-state index >= 15 is 0 Å². The first-order valence-corrected chi connectivity index (χ1v) is 22.0. The Morgan fingerprint density at radius 3 is 2.17 bits per heavy atom. The van der Waals surface area contributed by atoms with Crippen LogP contribution >= 0.6 is 35.3 Å². The summed E-state index contributed by atoms with van der Waals surface area (Å²) in [4.78, 5) is 38.6. The zero-order valence-corrected chi connectivity index (χ0v) is 37.1. The van der Waals surface area contributed by atoms with Gasteiger partial charge in [0, 0.05) is 64.9 Å². The van der Waals surface area contributed by atoms with Gasteiger partial charge in [-0.15, -0.1) is 11.8 Å². The molecule has 314 valence electrons. The molecule has 0 aromatic heterocycles. The number of halogens is 1. The van der Waals surface area contributed by atoms with Gasteiger partial charge in [-0.05, 0) is 141 Å². The number of nitrogens with one attached hydrogen (secondary N) is 1. The lowest BCUT2D eigenvalue weighted by molar-refractivity contribution is -0.829. The molecule has 0 radical (unpaired) electrons. The van der Waals surface area contributed by atoms with Gasteiger partial charge >= 0.3 is 5.97 Å². The fraction of sp³-hybridized carbons (Fsp3) is 0.304. The van der Waals surface area contributed by atoms with E-state index in [1.807, 2.05) is 92.3 Å². The summed E-state index contributed by atoms with van der Waals surface area (Å²) in [6.07, 6.45) is 2.60. The number of carbonyl (C=O) groups is 2. The van der Waals surface area contributed by atoms with Gasteiger partial charge in [0.1, 0.15) is 0 Å². The fourth-order valence-electron chi connectivity index (χ4n) is 6.24. The highest BCUT2D eigenvalue weighted by Crippen LogP contribution is 2.29. The first kappa shape index (κ1) is 47.2. The normalized spacial score (nSPS) is 12.6. The predicted octanol–water partition coefficient (Wildman–Crippen LogP) is 8.95. The van der Waals surface area contributed by atoms with Crippen LogP contribution in [0.15, 0.2) is 125 Å². The molecular weight excluding hydrogens is 800 g/mol. The van der Waals surface area contributed by atoms with Gasteiger partial charge in [0.25, 0.3) is 5.91 Å². The van der Waals surface area contributed by atoms with E-state index in [0.717, 1.165) is 59.1 Å². The second-order valence-electron chi connectivity index (χ2n) is 13.8. The summed E-state index contributed by atoms with van der Waals surface area (Å²) in [6.45, 7) is 9.11. The average molecular weight is 859 g/mol. The number of unbranched alkanes of at least 4 members (excludes halogenated alkanes) is 1. The van der Waals surface area contributed by atoms with Gasteiger partial charge in [-0.25, -0.2) is 9.63 Å². The minimum atomic E-state index is -0.940. The molecule has 1 amide bonds. The van der Waals surface area contributed by atoms with E-state index in [0.29, 0.717) is 22.8 Å². The monoisotopic (exact) mass is 857 g/mol. The number of benzene rings is 5. The number of piperazine rings is 1. The van der Waals surface area contributed by atoms with Gasteiger partial charge in [-0.1, -0.05) is 61.8 Å². The molecule has 5 aromatic rings. The minimum Gasteiger partial charge on any atom is -0.478 e. The topological polar surface area (TPSA) is 128 Å². The quantitative estimate of drug-likeness (QED) is 0.0251. The lowest BCUT2D eigenvalue weighted by Crippen LogP contribution is -2.76. The number of carboxylic acid groups (broad SMARTS) is 1. The number of thioether (sulfide) groups is 1. The molecule has 59 heavy (non-hydrogen) atoms. The molecule has 0 unspecified atom stereocenters. The first-order chi connectivity index (χ1) is 28.6. The van der Waals surface area contributed by atoms with E-state index in [2.05, 4.69) is 63.8 Å². The van der Waals surface area contributed by atoms with Gasteiger partial charge in [-0.2, -0.15) is 5.48 Å². The number of carbonyl (C=O) groups excluding carboxylic acids is 1. The summed E-state index contributed by atoms with van der Waals surface area (Å²) >= 11 is 9.26. The molecule has 6 rings (SSSR count). The summed E-state index contributed by atoms with van der Waals surface area (Å²) in [7, 11) is 5.82.